The van der Waals surface area contributed by atoms with Crippen molar-refractivity contribution in [2.24, 2.45) is 5.92 Å². The van der Waals surface area contributed by atoms with E-state index < -0.39 is 12.1 Å². The molecule has 0 bridgehead atoms. The largest absolute Gasteiger partial charge is 0.457 e. The van der Waals surface area contributed by atoms with Gasteiger partial charge in [0, 0.05) is 30.4 Å². The van der Waals surface area contributed by atoms with Crippen LogP contribution in [-0.4, -0.2) is 71.0 Å². The van der Waals surface area contributed by atoms with E-state index in [4.69, 9.17) is 4.74 Å². The molecule has 0 radical (unpaired) electrons. The molecule has 0 spiro atoms. The number of nitrogens with one attached hydrogen (secondary N) is 3. The van der Waals surface area contributed by atoms with Crippen LogP contribution in [-0.2, 0) is 9.59 Å². The summed E-state index contributed by atoms with van der Waals surface area (Å²) < 4.78 is 5.90. The van der Waals surface area contributed by atoms with Crippen LogP contribution in [0.15, 0.2) is 77.9 Å². The second-order valence-corrected chi connectivity index (χ2v) is 11.1. The molecule has 0 saturated carbocycles. The number of urea groups is 1. The summed E-state index contributed by atoms with van der Waals surface area (Å²) in [4.78, 5) is 42.4. The van der Waals surface area contributed by atoms with Crippen LogP contribution in [0, 0.1) is 5.92 Å². The standard InChI is InChI=1S/C28H29N5O5S/c1-2-22(35)32-14-19(21(34)15-32)30-26(36)25-24-23-20(12-13-29-27(23)39-25)33(28(37)31-24)16-8-10-18(11-9-16)38-17-6-4-3-5-7-17/h2-11,19-21,23,27,29,34H,1,12-15H2,(H,30,36)(H,31,37)/t19-,20?,21-,23?,27?/m0/s1. The maximum atomic E-state index is 13.4. The Morgan fingerprint density at radius 3 is 2.59 bits per heavy atom. The van der Waals surface area contributed by atoms with E-state index in [0.717, 1.165) is 17.9 Å². The highest BCUT2D eigenvalue weighted by molar-refractivity contribution is 8.04. The summed E-state index contributed by atoms with van der Waals surface area (Å²) in [5.74, 6) is 0.646. The molecule has 2 aromatic rings. The molecular formula is C28H29N5O5S. The molecule has 5 atom stereocenters. The van der Waals surface area contributed by atoms with Crippen LogP contribution in [0.25, 0.3) is 0 Å². The molecular weight excluding hydrogens is 518 g/mol. The normalized spacial score (nSPS) is 27.6. The molecule has 202 valence electrons. The number of piperidine rings is 1. The SMILES string of the molecule is C=CC(=O)N1C[C@H](NC(=O)C2=C3NC(=O)N(c4ccc(Oc5ccccc5)cc4)C4CCNC(S2)C34)[C@@H](O)C1. The molecule has 4 amide bonds. The molecule has 4 aliphatic heterocycles. The molecule has 39 heavy (non-hydrogen) atoms. The molecule has 11 heteroatoms. The van der Waals surface area contributed by atoms with Gasteiger partial charge in [-0.2, -0.15) is 0 Å². The third-order valence-electron chi connectivity index (χ3n) is 7.53. The number of para-hydroxylation sites is 1. The Hall–Kier alpha value is -3.80. The smallest absolute Gasteiger partial charge is 0.326 e. The molecule has 2 aromatic carbocycles. The Labute approximate surface area is 230 Å². The van der Waals surface area contributed by atoms with Gasteiger partial charge in [0.2, 0.25) is 5.91 Å². The zero-order valence-corrected chi connectivity index (χ0v) is 21.9. The third-order valence-corrected chi connectivity index (χ3v) is 8.89. The number of carbonyl (C=O) groups excluding carboxylic acids is 3. The summed E-state index contributed by atoms with van der Waals surface area (Å²) in [6.07, 6.45) is 1.04. The lowest BCUT2D eigenvalue weighted by Gasteiger charge is -2.45. The first-order chi connectivity index (χ1) is 18.9. The fraction of sp³-hybridized carbons (Fsp3) is 0.321. The maximum absolute atomic E-state index is 13.4. The van der Waals surface area contributed by atoms with Crippen molar-refractivity contribution in [2.45, 2.75) is 30.0 Å². The number of amides is 4. The van der Waals surface area contributed by atoms with Crippen molar-refractivity contribution in [3.05, 3.63) is 77.9 Å². The lowest BCUT2D eigenvalue weighted by Crippen LogP contribution is -2.62. The number of rotatable bonds is 6. The average Bonchev–Trinajstić information content (AvgIpc) is 3.50. The van der Waals surface area contributed by atoms with E-state index in [1.54, 1.807) is 4.90 Å². The van der Waals surface area contributed by atoms with Gasteiger partial charge in [0.25, 0.3) is 5.91 Å². The molecule has 0 aliphatic carbocycles. The zero-order valence-electron chi connectivity index (χ0n) is 21.1. The van der Waals surface area contributed by atoms with Crippen LogP contribution in [0.3, 0.4) is 0 Å². The summed E-state index contributed by atoms with van der Waals surface area (Å²) in [5, 5.41) is 19.7. The van der Waals surface area contributed by atoms with Crippen molar-refractivity contribution >= 4 is 35.3 Å². The number of likely N-dealkylation sites (tertiary alicyclic amines) is 1. The van der Waals surface area contributed by atoms with Crippen molar-refractivity contribution < 1.29 is 24.2 Å². The number of nitrogens with zero attached hydrogens (tertiary/aromatic N) is 2. The monoisotopic (exact) mass is 547 g/mol. The van der Waals surface area contributed by atoms with Crippen LogP contribution in [0.5, 0.6) is 11.5 Å². The van der Waals surface area contributed by atoms with Crippen molar-refractivity contribution in [3.8, 4) is 11.5 Å². The predicted octanol–water partition coefficient (Wildman–Crippen LogP) is 2.14. The van der Waals surface area contributed by atoms with E-state index in [1.807, 2.05) is 54.6 Å². The number of hydrogen-bond donors (Lipinski definition) is 4. The summed E-state index contributed by atoms with van der Waals surface area (Å²) in [5.41, 5.74) is 1.36. The number of aliphatic hydroxyl groups is 1. The van der Waals surface area contributed by atoms with Crippen LogP contribution >= 0.6 is 11.8 Å². The average molecular weight is 548 g/mol. The van der Waals surface area contributed by atoms with Crippen LogP contribution in [0.1, 0.15) is 6.42 Å². The second-order valence-electron chi connectivity index (χ2n) is 9.92. The lowest BCUT2D eigenvalue weighted by molar-refractivity contribution is -0.125. The lowest BCUT2D eigenvalue weighted by atomic mass is 9.86. The summed E-state index contributed by atoms with van der Waals surface area (Å²) >= 11 is 1.40. The van der Waals surface area contributed by atoms with E-state index >= 15 is 0 Å². The minimum absolute atomic E-state index is 0.0735. The van der Waals surface area contributed by atoms with Gasteiger partial charge in [0.1, 0.15) is 11.5 Å². The van der Waals surface area contributed by atoms with E-state index in [1.165, 1.54) is 22.7 Å². The van der Waals surface area contributed by atoms with Crippen molar-refractivity contribution in [2.75, 3.05) is 24.5 Å². The number of carbonyl (C=O) groups is 3. The fourth-order valence-electron chi connectivity index (χ4n) is 5.69. The number of aliphatic hydroxyl groups excluding tert-OH is 1. The number of hydrogen-bond acceptors (Lipinski definition) is 7. The van der Waals surface area contributed by atoms with E-state index in [9.17, 15) is 19.5 Å². The first-order valence-electron chi connectivity index (χ1n) is 12.9. The van der Waals surface area contributed by atoms with Crippen molar-refractivity contribution in [1.82, 2.24) is 20.9 Å². The number of thioether (sulfide) groups is 1. The van der Waals surface area contributed by atoms with Gasteiger partial charge in [-0.3, -0.25) is 14.5 Å². The summed E-state index contributed by atoms with van der Waals surface area (Å²) in [7, 11) is 0. The molecule has 3 unspecified atom stereocenters. The first-order valence-corrected chi connectivity index (χ1v) is 13.8. The fourth-order valence-corrected chi connectivity index (χ4v) is 7.09. The van der Waals surface area contributed by atoms with Crippen LogP contribution < -0.4 is 25.6 Å². The van der Waals surface area contributed by atoms with E-state index in [2.05, 4.69) is 22.5 Å². The zero-order chi connectivity index (χ0) is 27.1. The number of anilines is 1. The van der Waals surface area contributed by atoms with Crippen LogP contribution in [0.4, 0.5) is 10.5 Å². The maximum Gasteiger partial charge on any atom is 0.326 e. The highest BCUT2D eigenvalue weighted by Gasteiger charge is 2.52. The van der Waals surface area contributed by atoms with E-state index in [0.29, 0.717) is 22.9 Å². The minimum atomic E-state index is -0.881. The Morgan fingerprint density at radius 2 is 1.85 bits per heavy atom. The molecule has 10 nitrogen and oxygen atoms in total. The molecule has 4 aliphatic rings. The second kappa shape index (κ2) is 10.4. The van der Waals surface area contributed by atoms with Gasteiger partial charge in [-0.25, -0.2) is 4.79 Å². The molecule has 0 aromatic heterocycles. The Morgan fingerprint density at radius 1 is 1.10 bits per heavy atom. The Balaban J connectivity index is 1.20. The predicted molar refractivity (Wildman–Crippen MR) is 147 cm³/mol. The van der Waals surface area contributed by atoms with Gasteiger partial charge in [-0.1, -0.05) is 36.5 Å². The minimum Gasteiger partial charge on any atom is -0.457 e. The van der Waals surface area contributed by atoms with Gasteiger partial charge >= 0.3 is 6.03 Å². The van der Waals surface area contributed by atoms with Gasteiger partial charge in [-0.05, 0) is 55.4 Å². The van der Waals surface area contributed by atoms with Gasteiger partial charge in [-0.15, -0.1) is 0 Å². The van der Waals surface area contributed by atoms with Crippen molar-refractivity contribution in [1.29, 1.82) is 0 Å². The van der Waals surface area contributed by atoms with Gasteiger partial charge in [0.15, 0.2) is 0 Å². The summed E-state index contributed by atoms with van der Waals surface area (Å²) in [6.45, 7) is 4.52. The van der Waals surface area contributed by atoms with Crippen LogP contribution in [0.2, 0.25) is 0 Å². The number of ether oxygens (including phenoxy) is 1. The highest BCUT2D eigenvalue weighted by atomic mass is 32.2. The molecule has 4 heterocycles. The van der Waals surface area contributed by atoms with E-state index in [-0.39, 0.29) is 48.3 Å². The number of β-amino-alcohol motifs (C(OH)–C–C–N with tert-alkyl or cyclic N) is 1. The number of benzene rings is 2. The Bertz CT molecular complexity index is 1330. The topological polar surface area (TPSA) is 123 Å². The van der Waals surface area contributed by atoms with Crippen molar-refractivity contribution in [3.63, 3.8) is 0 Å². The Kier molecular flexibility index (Phi) is 6.79. The molecule has 3 fully saturated rings. The highest BCUT2D eigenvalue weighted by Crippen LogP contribution is 2.48. The quantitative estimate of drug-likeness (QED) is 0.409. The molecule has 4 N–H and O–H groups in total. The molecule has 3 saturated heterocycles. The molecule has 6 rings (SSSR count). The summed E-state index contributed by atoms with van der Waals surface area (Å²) in [6, 6.07) is 15.9. The first kappa shape index (κ1) is 25.5. The third kappa shape index (κ3) is 4.77. The van der Waals surface area contributed by atoms with Gasteiger partial charge < -0.3 is 30.7 Å². The van der Waals surface area contributed by atoms with Gasteiger partial charge in [0.05, 0.1) is 28.5 Å².